The Labute approximate surface area is 123 Å². The van der Waals surface area contributed by atoms with E-state index in [1.54, 1.807) is 23.5 Å². The van der Waals surface area contributed by atoms with Crippen molar-refractivity contribution in [2.24, 2.45) is 0 Å². The predicted octanol–water partition coefficient (Wildman–Crippen LogP) is 4.01. The van der Waals surface area contributed by atoms with Crippen LogP contribution in [0.3, 0.4) is 0 Å². The zero-order chi connectivity index (χ0) is 13.8. The molecule has 2 nitrogen and oxygen atoms in total. The van der Waals surface area contributed by atoms with Gasteiger partial charge in [0.2, 0.25) is 0 Å². The number of carbonyl (C=O) groups excluding carboxylic acids is 1. The predicted molar refractivity (Wildman–Crippen MR) is 79.1 cm³/mol. The molecule has 2 aromatic rings. The van der Waals surface area contributed by atoms with E-state index in [9.17, 15) is 9.18 Å². The number of nitrogens with one attached hydrogen (secondary N) is 1. The fraction of sp³-hybridized carbons (Fsp3) is 0.214. The molecule has 19 heavy (non-hydrogen) atoms. The van der Waals surface area contributed by atoms with Gasteiger partial charge in [0, 0.05) is 17.3 Å². The highest BCUT2D eigenvalue weighted by Gasteiger charge is 2.16. The average molecular weight is 342 g/mol. The summed E-state index contributed by atoms with van der Waals surface area (Å²) in [6.45, 7) is 1.91. The Balaban J connectivity index is 2.02. The number of rotatable bonds is 4. The first-order valence-corrected chi connectivity index (χ1v) is 7.52. The third-order valence-corrected chi connectivity index (χ3v) is 4.17. The van der Waals surface area contributed by atoms with Crippen molar-refractivity contribution in [3.63, 3.8) is 0 Å². The Bertz CT molecular complexity index is 571. The van der Waals surface area contributed by atoms with Crippen LogP contribution in [0, 0.1) is 5.82 Å². The van der Waals surface area contributed by atoms with Crippen LogP contribution in [0.4, 0.5) is 4.39 Å². The van der Waals surface area contributed by atoms with Crippen molar-refractivity contribution in [3.05, 3.63) is 56.4 Å². The molecule has 0 bridgehead atoms. The SMILES string of the molecule is CC(Cc1cccs1)NC(=O)c1cccc(Br)c1F. The second-order valence-corrected chi connectivity index (χ2v) is 6.15. The second-order valence-electron chi connectivity index (χ2n) is 4.26. The largest absolute Gasteiger partial charge is 0.349 e. The van der Waals surface area contributed by atoms with Gasteiger partial charge in [0.15, 0.2) is 0 Å². The number of amides is 1. The summed E-state index contributed by atoms with van der Waals surface area (Å²) >= 11 is 4.72. The van der Waals surface area contributed by atoms with Crippen LogP contribution in [-0.4, -0.2) is 11.9 Å². The van der Waals surface area contributed by atoms with Crippen LogP contribution < -0.4 is 5.32 Å². The first-order valence-electron chi connectivity index (χ1n) is 5.85. The van der Waals surface area contributed by atoms with E-state index in [0.29, 0.717) is 4.47 Å². The zero-order valence-corrected chi connectivity index (χ0v) is 12.7. The minimum Gasteiger partial charge on any atom is -0.349 e. The van der Waals surface area contributed by atoms with Gasteiger partial charge in [0.25, 0.3) is 5.91 Å². The Morgan fingerprint density at radius 3 is 2.89 bits per heavy atom. The number of thiophene rings is 1. The van der Waals surface area contributed by atoms with Crippen molar-refractivity contribution in [3.8, 4) is 0 Å². The van der Waals surface area contributed by atoms with Crippen LogP contribution in [0.25, 0.3) is 0 Å². The van der Waals surface area contributed by atoms with Crippen molar-refractivity contribution in [2.45, 2.75) is 19.4 Å². The molecule has 2 rings (SSSR count). The molecule has 1 N–H and O–H groups in total. The summed E-state index contributed by atoms with van der Waals surface area (Å²) in [6, 6.07) is 8.65. The molecule has 0 fully saturated rings. The molecule has 0 aliphatic heterocycles. The first kappa shape index (κ1) is 14.2. The van der Waals surface area contributed by atoms with Gasteiger partial charge in [0.1, 0.15) is 5.82 Å². The molecule has 0 radical (unpaired) electrons. The number of carbonyl (C=O) groups is 1. The molecule has 1 aromatic heterocycles. The zero-order valence-electron chi connectivity index (χ0n) is 10.3. The van der Waals surface area contributed by atoms with Crippen LogP contribution >= 0.6 is 27.3 Å². The van der Waals surface area contributed by atoms with Crippen LogP contribution in [-0.2, 0) is 6.42 Å². The maximum absolute atomic E-state index is 13.8. The van der Waals surface area contributed by atoms with Crippen LogP contribution in [0.15, 0.2) is 40.2 Å². The molecular formula is C14H13BrFNOS. The van der Waals surface area contributed by atoms with E-state index >= 15 is 0 Å². The summed E-state index contributed by atoms with van der Waals surface area (Å²) in [5, 5.41) is 4.81. The highest BCUT2D eigenvalue weighted by Crippen LogP contribution is 2.19. The van der Waals surface area contributed by atoms with Gasteiger partial charge in [-0.15, -0.1) is 11.3 Å². The fourth-order valence-electron chi connectivity index (χ4n) is 1.76. The van der Waals surface area contributed by atoms with Gasteiger partial charge in [-0.05, 0) is 46.4 Å². The highest BCUT2D eigenvalue weighted by atomic mass is 79.9. The maximum Gasteiger partial charge on any atom is 0.254 e. The lowest BCUT2D eigenvalue weighted by atomic mass is 10.1. The van der Waals surface area contributed by atoms with E-state index in [1.165, 1.54) is 10.9 Å². The third kappa shape index (κ3) is 3.64. The topological polar surface area (TPSA) is 29.1 Å². The van der Waals surface area contributed by atoms with Gasteiger partial charge in [-0.2, -0.15) is 0 Å². The van der Waals surface area contributed by atoms with E-state index < -0.39 is 5.82 Å². The molecule has 0 aliphatic carbocycles. The molecule has 0 spiro atoms. The number of benzene rings is 1. The summed E-state index contributed by atoms with van der Waals surface area (Å²) in [5.74, 6) is -0.911. The summed E-state index contributed by atoms with van der Waals surface area (Å²) in [4.78, 5) is 13.2. The lowest BCUT2D eigenvalue weighted by Gasteiger charge is -2.13. The van der Waals surface area contributed by atoms with Gasteiger partial charge in [-0.3, -0.25) is 4.79 Å². The molecule has 0 saturated carbocycles. The van der Waals surface area contributed by atoms with Crippen LogP contribution in [0.1, 0.15) is 22.2 Å². The minimum absolute atomic E-state index is 0.0375. The third-order valence-electron chi connectivity index (χ3n) is 2.66. The van der Waals surface area contributed by atoms with E-state index in [2.05, 4.69) is 21.2 Å². The van der Waals surface area contributed by atoms with E-state index in [4.69, 9.17) is 0 Å². The molecule has 1 heterocycles. The Morgan fingerprint density at radius 2 is 2.21 bits per heavy atom. The monoisotopic (exact) mass is 341 g/mol. The number of halogens is 2. The molecule has 100 valence electrons. The van der Waals surface area contributed by atoms with Crippen molar-refractivity contribution in [2.75, 3.05) is 0 Å². The van der Waals surface area contributed by atoms with Gasteiger partial charge in [-0.25, -0.2) is 4.39 Å². The second kappa shape index (κ2) is 6.30. The lowest BCUT2D eigenvalue weighted by molar-refractivity contribution is 0.0936. The van der Waals surface area contributed by atoms with Crippen molar-refractivity contribution in [1.82, 2.24) is 5.32 Å². The minimum atomic E-state index is -0.525. The summed E-state index contributed by atoms with van der Waals surface area (Å²) in [6.07, 6.45) is 0.749. The van der Waals surface area contributed by atoms with E-state index in [0.717, 1.165) is 6.42 Å². The Hall–Kier alpha value is -1.20. The number of hydrogen-bond acceptors (Lipinski definition) is 2. The van der Waals surface area contributed by atoms with Crippen molar-refractivity contribution < 1.29 is 9.18 Å². The molecule has 0 saturated heterocycles. The van der Waals surface area contributed by atoms with Crippen LogP contribution in [0.2, 0.25) is 0 Å². The molecule has 1 aromatic carbocycles. The molecule has 1 amide bonds. The first-order chi connectivity index (χ1) is 9.08. The van der Waals surface area contributed by atoms with Gasteiger partial charge >= 0.3 is 0 Å². The average Bonchev–Trinajstić information content (AvgIpc) is 2.85. The quantitative estimate of drug-likeness (QED) is 0.894. The van der Waals surface area contributed by atoms with Gasteiger partial charge < -0.3 is 5.32 Å². The van der Waals surface area contributed by atoms with E-state index in [-0.39, 0.29) is 17.5 Å². The lowest BCUT2D eigenvalue weighted by Crippen LogP contribution is -2.34. The maximum atomic E-state index is 13.8. The molecule has 5 heteroatoms. The molecule has 1 atom stereocenters. The summed E-state index contributed by atoms with van der Waals surface area (Å²) in [5.41, 5.74) is 0.0624. The van der Waals surface area contributed by atoms with Crippen LogP contribution in [0.5, 0.6) is 0 Å². The molecular weight excluding hydrogens is 329 g/mol. The smallest absolute Gasteiger partial charge is 0.254 e. The molecule has 1 unspecified atom stereocenters. The summed E-state index contributed by atoms with van der Waals surface area (Å²) < 4.78 is 14.1. The van der Waals surface area contributed by atoms with Gasteiger partial charge in [-0.1, -0.05) is 12.1 Å². The standard InChI is InChI=1S/C14H13BrFNOS/c1-9(8-10-4-3-7-19-10)17-14(18)11-5-2-6-12(15)13(11)16/h2-7,9H,8H2,1H3,(H,17,18). The van der Waals surface area contributed by atoms with Crippen molar-refractivity contribution in [1.29, 1.82) is 0 Å². The van der Waals surface area contributed by atoms with E-state index in [1.807, 2.05) is 24.4 Å². The normalized spacial score (nSPS) is 12.2. The van der Waals surface area contributed by atoms with Crippen molar-refractivity contribution >= 4 is 33.2 Å². The Kier molecular flexibility index (Phi) is 4.71. The Morgan fingerprint density at radius 1 is 1.42 bits per heavy atom. The summed E-state index contributed by atoms with van der Waals surface area (Å²) in [7, 11) is 0. The number of hydrogen-bond donors (Lipinski definition) is 1. The fourth-order valence-corrected chi connectivity index (χ4v) is 2.96. The highest BCUT2D eigenvalue weighted by molar-refractivity contribution is 9.10. The van der Waals surface area contributed by atoms with Gasteiger partial charge in [0.05, 0.1) is 10.0 Å². The molecule has 0 aliphatic rings.